The summed E-state index contributed by atoms with van der Waals surface area (Å²) in [6.07, 6.45) is 2.92. The predicted octanol–water partition coefficient (Wildman–Crippen LogP) is 4.69. The van der Waals surface area contributed by atoms with Crippen LogP contribution in [0.4, 0.5) is 0 Å². The minimum Gasteiger partial charge on any atom is -0.342 e. The molecule has 2 aromatic carbocycles. The minimum atomic E-state index is 0.139. The van der Waals surface area contributed by atoms with Gasteiger partial charge in [-0.2, -0.15) is 4.98 Å². The van der Waals surface area contributed by atoms with Crippen LogP contribution in [-0.4, -0.2) is 39.0 Å². The molecule has 1 aliphatic heterocycles. The molecular weight excluding hydrogens is 396 g/mol. The first-order chi connectivity index (χ1) is 14.8. The van der Waals surface area contributed by atoms with E-state index < -0.39 is 0 Å². The molecule has 1 amide bonds. The molecule has 0 N–H and O–H groups in total. The van der Waals surface area contributed by atoms with Crippen LogP contribution >= 0.6 is 11.3 Å². The van der Waals surface area contributed by atoms with Gasteiger partial charge in [-0.25, -0.2) is 4.98 Å². The number of piperidine rings is 1. The van der Waals surface area contributed by atoms with E-state index in [1.807, 2.05) is 47.4 Å². The Labute approximate surface area is 178 Å². The van der Waals surface area contributed by atoms with Crippen molar-refractivity contribution in [3.8, 4) is 11.4 Å². The van der Waals surface area contributed by atoms with Crippen molar-refractivity contribution in [2.45, 2.75) is 31.6 Å². The molecule has 0 aliphatic carbocycles. The van der Waals surface area contributed by atoms with Crippen LogP contribution in [0, 0.1) is 0 Å². The Balaban J connectivity index is 1.20. The van der Waals surface area contributed by atoms with Gasteiger partial charge in [0.2, 0.25) is 17.6 Å². The van der Waals surface area contributed by atoms with Crippen molar-refractivity contribution in [3.63, 3.8) is 0 Å². The Kier molecular flexibility index (Phi) is 5.27. The number of amides is 1. The second-order valence-electron chi connectivity index (χ2n) is 7.58. The molecule has 0 radical (unpaired) electrons. The number of benzene rings is 2. The number of para-hydroxylation sites is 1. The number of nitrogens with zero attached hydrogens (tertiary/aromatic N) is 4. The van der Waals surface area contributed by atoms with Crippen LogP contribution in [0.5, 0.6) is 0 Å². The van der Waals surface area contributed by atoms with Crippen molar-refractivity contribution >= 4 is 27.5 Å². The second-order valence-corrected chi connectivity index (χ2v) is 8.64. The molecule has 7 heteroatoms. The average molecular weight is 419 g/mol. The normalized spacial score (nSPS) is 16.8. The predicted molar refractivity (Wildman–Crippen MR) is 116 cm³/mol. The van der Waals surface area contributed by atoms with Crippen molar-refractivity contribution < 1.29 is 9.32 Å². The monoisotopic (exact) mass is 418 g/mol. The zero-order valence-electron chi connectivity index (χ0n) is 16.5. The number of aromatic nitrogens is 3. The van der Waals surface area contributed by atoms with Gasteiger partial charge in [0.25, 0.3) is 0 Å². The maximum absolute atomic E-state index is 12.8. The molecule has 0 bridgehead atoms. The van der Waals surface area contributed by atoms with Crippen LogP contribution in [0.25, 0.3) is 21.6 Å². The fourth-order valence-electron chi connectivity index (χ4n) is 3.90. The van der Waals surface area contributed by atoms with Crippen LogP contribution in [0.1, 0.15) is 36.1 Å². The number of fused-ring (bicyclic) bond motifs is 1. The molecule has 5 rings (SSSR count). The van der Waals surface area contributed by atoms with Crippen molar-refractivity contribution in [1.82, 2.24) is 20.0 Å². The topological polar surface area (TPSA) is 72.1 Å². The van der Waals surface area contributed by atoms with E-state index in [9.17, 15) is 4.79 Å². The van der Waals surface area contributed by atoms with E-state index in [4.69, 9.17) is 9.51 Å². The van der Waals surface area contributed by atoms with Crippen LogP contribution in [0.3, 0.4) is 0 Å². The summed E-state index contributed by atoms with van der Waals surface area (Å²) in [4.78, 5) is 24.0. The summed E-state index contributed by atoms with van der Waals surface area (Å²) >= 11 is 1.75. The second kappa shape index (κ2) is 8.36. The lowest BCUT2D eigenvalue weighted by atomic mass is 9.98. The summed E-state index contributed by atoms with van der Waals surface area (Å²) in [5.41, 5.74) is 1.96. The van der Waals surface area contributed by atoms with Crippen LogP contribution in [0.15, 0.2) is 59.1 Å². The molecule has 1 saturated heterocycles. The fourth-order valence-corrected chi connectivity index (χ4v) is 5.00. The summed E-state index contributed by atoms with van der Waals surface area (Å²) in [6, 6.07) is 17.9. The first-order valence-electron chi connectivity index (χ1n) is 10.3. The maximum atomic E-state index is 12.8. The highest BCUT2D eigenvalue weighted by atomic mass is 32.1. The lowest BCUT2D eigenvalue weighted by Gasteiger charge is -2.31. The van der Waals surface area contributed by atoms with Gasteiger partial charge in [-0.3, -0.25) is 4.79 Å². The Morgan fingerprint density at radius 1 is 1.10 bits per heavy atom. The number of likely N-dealkylation sites (tertiary alicyclic amines) is 1. The number of hydrogen-bond acceptors (Lipinski definition) is 6. The molecule has 0 spiro atoms. The SMILES string of the molecule is O=C(CCc1nc(-c2ccccc2)no1)N1CCCC(c2nc3ccccc3s2)C1. The Hall–Kier alpha value is -3.06. The third-order valence-corrected chi connectivity index (χ3v) is 6.69. The van der Waals surface area contributed by atoms with E-state index in [0.29, 0.717) is 30.5 Å². The van der Waals surface area contributed by atoms with E-state index in [1.54, 1.807) is 11.3 Å². The summed E-state index contributed by atoms with van der Waals surface area (Å²) < 4.78 is 6.55. The summed E-state index contributed by atoms with van der Waals surface area (Å²) in [6.45, 7) is 1.54. The largest absolute Gasteiger partial charge is 0.342 e. The van der Waals surface area contributed by atoms with E-state index in [1.165, 1.54) is 4.70 Å². The molecule has 1 unspecified atom stereocenters. The zero-order valence-corrected chi connectivity index (χ0v) is 17.3. The zero-order chi connectivity index (χ0) is 20.3. The highest BCUT2D eigenvalue weighted by molar-refractivity contribution is 7.18. The minimum absolute atomic E-state index is 0.139. The van der Waals surface area contributed by atoms with Crippen LogP contribution in [0.2, 0.25) is 0 Å². The Morgan fingerprint density at radius 2 is 1.93 bits per heavy atom. The molecule has 6 nitrogen and oxygen atoms in total. The number of rotatable bonds is 5. The number of carbonyl (C=O) groups excluding carboxylic acids is 1. The molecule has 1 fully saturated rings. The fraction of sp³-hybridized carbons (Fsp3) is 0.304. The van der Waals surface area contributed by atoms with E-state index in [0.717, 1.165) is 42.0 Å². The summed E-state index contributed by atoms with van der Waals surface area (Å²) in [5.74, 6) is 1.52. The smallest absolute Gasteiger partial charge is 0.227 e. The van der Waals surface area contributed by atoms with Gasteiger partial charge >= 0.3 is 0 Å². The number of carbonyl (C=O) groups is 1. The quantitative estimate of drug-likeness (QED) is 0.470. The first-order valence-corrected chi connectivity index (χ1v) is 11.1. The van der Waals surface area contributed by atoms with Crippen molar-refractivity contribution in [3.05, 3.63) is 65.5 Å². The summed E-state index contributed by atoms with van der Waals surface area (Å²) in [7, 11) is 0. The van der Waals surface area contributed by atoms with Gasteiger partial charge in [0, 0.05) is 37.4 Å². The van der Waals surface area contributed by atoms with Gasteiger partial charge in [0.1, 0.15) is 0 Å². The standard InChI is InChI=1S/C23H22N4O2S/c28-21(13-12-20-25-22(26-29-20)16-7-2-1-3-8-16)27-14-6-9-17(15-27)23-24-18-10-4-5-11-19(18)30-23/h1-5,7-8,10-11,17H,6,9,12-15H2. The maximum Gasteiger partial charge on any atom is 0.227 e. The molecule has 0 saturated carbocycles. The van der Waals surface area contributed by atoms with Gasteiger partial charge in [-0.05, 0) is 25.0 Å². The number of thiazole rings is 1. The van der Waals surface area contributed by atoms with Gasteiger partial charge in [0.05, 0.1) is 15.2 Å². The van der Waals surface area contributed by atoms with Gasteiger partial charge in [-0.1, -0.05) is 47.6 Å². The van der Waals surface area contributed by atoms with Crippen LogP contribution < -0.4 is 0 Å². The molecule has 30 heavy (non-hydrogen) atoms. The van der Waals surface area contributed by atoms with E-state index in [2.05, 4.69) is 22.3 Å². The molecule has 2 aromatic heterocycles. The van der Waals surface area contributed by atoms with Crippen molar-refractivity contribution in [1.29, 1.82) is 0 Å². The number of aryl methyl sites for hydroxylation is 1. The van der Waals surface area contributed by atoms with Crippen molar-refractivity contribution in [2.75, 3.05) is 13.1 Å². The molecule has 3 heterocycles. The molecule has 1 aliphatic rings. The van der Waals surface area contributed by atoms with Gasteiger partial charge in [-0.15, -0.1) is 11.3 Å². The average Bonchev–Trinajstić information content (AvgIpc) is 3.45. The van der Waals surface area contributed by atoms with Gasteiger partial charge in [0.15, 0.2) is 0 Å². The lowest BCUT2D eigenvalue weighted by Crippen LogP contribution is -2.39. The molecule has 1 atom stereocenters. The number of hydrogen-bond donors (Lipinski definition) is 0. The third kappa shape index (κ3) is 3.98. The molecular formula is C23H22N4O2S. The highest BCUT2D eigenvalue weighted by Crippen LogP contribution is 2.33. The highest BCUT2D eigenvalue weighted by Gasteiger charge is 2.27. The Morgan fingerprint density at radius 3 is 2.80 bits per heavy atom. The first kappa shape index (κ1) is 18.9. The third-order valence-electron chi connectivity index (χ3n) is 5.49. The van der Waals surface area contributed by atoms with E-state index >= 15 is 0 Å². The van der Waals surface area contributed by atoms with Crippen molar-refractivity contribution in [2.24, 2.45) is 0 Å². The van der Waals surface area contributed by atoms with E-state index in [-0.39, 0.29) is 5.91 Å². The van der Waals surface area contributed by atoms with Crippen LogP contribution in [-0.2, 0) is 11.2 Å². The van der Waals surface area contributed by atoms with Gasteiger partial charge < -0.3 is 9.42 Å². The lowest BCUT2D eigenvalue weighted by molar-refractivity contribution is -0.132. The summed E-state index contributed by atoms with van der Waals surface area (Å²) in [5, 5.41) is 5.17. The molecule has 4 aromatic rings. The Bertz CT molecular complexity index is 1120. The molecule has 152 valence electrons.